The van der Waals surface area contributed by atoms with E-state index in [0.717, 1.165) is 0 Å². The first kappa shape index (κ1) is 6.12. The topological polar surface area (TPSA) is 71.4 Å². The van der Waals surface area contributed by atoms with Gasteiger partial charge in [-0.3, -0.25) is 0 Å². The summed E-state index contributed by atoms with van der Waals surface area (Å²) in [7, 11) is 0. The summed E-state index contributed by atoms with van der Waals surface area (Å²) in [6, 6.07) is 0. The molecule has 3 nitrogen and oxygen atoms in total. The zero-order chi connectivity index (χ0) is 5.70. The molecule has 0 aliphatic rings. The molecule has 0 unspecified atom stereocenters. The van der Waals surface area contributed by atoms with Crippen molar-refractivity contribution in [2.75, 3.05) is 0 Å². The van der Waals surface area contributed by atoms with E-state index in [1.165, 1.54) is 0 Å². The third-order valence-corrected chi connectivity index (χ3v) is 1.83. The van der Waals surface area contributed by atoms with E-state index in [4.69, 9.17) is 15.8 Å². The second-order valence-corrected chi connectivity index (χ2v) is 3.88. The molecule has 0 spiro atoms. The molecule has 0 radical (unpaired) electrons. The predicted molar refractivity (Wildman–Crippen MR) is 16.8 cm³/mol. The van der Waals surface area contributed by atoms with E-state index >= 15 is 0 Å². The van der Waals surface area contributed by atoms with Gasteiger partial charge < -0.3 is 0 Å². The zero-order valence-corrected chi connectivity index (χ0v) is 5.57. The first-order valence-corrected chi connectivity index (χ1v) is 4.76. The second kappa shape index (κ2) is 3.31. The van der Waals surface area contributed by atoms with Crippen LogP contribution >= 0.6 is 0 Å². The predicted octanol–water partition coefficient (Wildman–Crippen LogP) is 0.0478. The van der Waals surface area contributed by atoms with Crippen LogP contribution in [0.1, 0.15) is 0 Å². The summed E-state index contributed by atoms with van der Waals surface area (Å²) in [5.41, 5.74) is 0. The molecular weight excluding hydrogens is 270 g/mol. The van der Waals surface area contributed by atoms with Gasteiger partial charge in [-0.25, -0.2) is 0 Å². The summed E-state index contributed by atoms with van der Waals surface area (Å²) in [4.78, 5) is 0. The molecule has 7 heavy (non-hydrogen) atoms. The second-order valence-electron chi connectivity index (χ2n) is 0.474. The van der Waals surface area contributed by atoms with E-state index < -0.39 is 16.5 Å². The first-order chi connectivity index (χ1) is 3.35. The van der Waals surface area contributed by atoms with Gasteiger partial charge in [-0.15, -0.1) is 0 Å². The normalized spacial score (nSPS) is 7.29. The summed E-state index contributed by atoms with van der Waals surface area (Å²) in [6.45, 7) is 0. The molecule has 0 aromatic heterocycles. The van der Waals surface area contributed by atoms with Gasteiger partial charge in [0.05, 0.1) is 0 Å². The number of hydrogen-bond acceptors (Lipinski definition) is 3. The van der Waals surface area contributed by atoms with Crippen molar-refractivity contribution < 1.29 is 16.5 Å². The maximum absolute atomic E-state index is 7.91. The van der Waals surface area contributed by atoms with Crippen LogP contribution in [-0.4, -0.2) is 0 Å². The van der Waals surface area contributed by atoms with Crippen LogP contribution in [0.5, 0.6) is 0 Å². The average Bonchev–Trinajstić information content (AvgIpc) is 1.72. The molecule has 0 aliphatic carbocycles. The summed E-state index contributed by atoms with van der Waals surface area (Å²) in [5.74, 6) is 0. The molecule has 0 aromatic carbocycles. The van der Waals surface area contributed by atoms with Gasteiger partial charge in [0.15, 0.2) is 0 Å². The quantitative estimate of drug-likeness (QED) is 0.624. The SMILES string of the molecule is N#[C][Ir]([C]#N)[C]#N. The first-order valence-electron chi connectivity index (χ1n) is 1.17. The van der Waals surface area contributed by atoms with Crippen LogP contribution in [0.25, 0.3) is 0 Å². The zero-order valence-electron chi connectivity index (χ0n) is 3.17. The molecule has 36 valence electrons. The molecule has 0 aliphatic heterocycles. The van der Waals surface area contributed by atoms with Gasteiger partial charge in [-0.05, 0) is 0 Å². The molecule has 0 heterocycles. The van der Waals surface area contributed by atoms with Gasteiger partial charge in [0.1, 0.15) is 0 Å². The van der Waals surface area contributed by atoms with Crippen LogP contribution in [0.2, 0.25) is 0 Å². The molecule has 0 aromatic rings. The Balaban J connectivity index is 3.82. The van der Waals surface area contributed by atoms with Crippen LogP contribution < -0.4 is 0 Å². The maximum atomic E-state index is 7.91. The monoisotopic (exact) mass is 271 g/mol. The minimum atomic E-state index is -2.49. The van der Waals surface area contributed by atoms with Crippen molar-refractivity contribution >= 4 is 0 Å². The van der Waals surface area contributed by atoms with Crippen molar-refractivity contribution in [3.05, 3.63) is 0 Å². The molecule has 0 atom stereocenters. The van der Waals surface area contributed by atoms with Crippen molar-refractivity contribution in [3.63, 3.8) is 0 Å². The standard InChI is InChI=1S/3CN.Ir/c3*1-2;. The van der Waals surface area contributed by atoms with Gasteiger partial charge >= 0.3 is 46.0 Å². The number of nitrogens with zero attached hydrogens (tertiary/aromatic N) is 3. The Morgan fingerprint density at radius 2 is 1.14 bits per heavy atom. The Kier molecular flexibility index (Phi) is 2.90. The fraction of sp³-hybridized carbons (Fsp3) is 0. The van der Waals surface area contributed by atoms with Gasteiger partial charge in [-0.1, -0.05) is 0 Å². The summed E-state index contributed by atoms with van der Waals surface area (Å²) >= 11 is -2.49. The molecule has 0 saturated heterocycles. The van der Waals surface area contributed by atoms with Gasteiger partial charge in [0, 0.05) is 0 Å². The summed E-state index contributed by atoms with van der Waals surface area (Å²) < 4.78 is 4.94. The number of nitriles is 3. The third-order valence-electron chi connectivity index (χ3n) is 0.224. The van der Waals surface area contributed by atoms with Crippen LogP contribution in [0, 0.1) is 29.5 Å². The Morgan fingerprint density at radius 3 is 1.14 bits per heavy atom. The van der Waals surface area contributed by atoms with E-state index in [-0.39, 0.29) is 0 Å². The van der Waals surface area contributed by atoms with Crippen molar-refractivity contribution in [1.29, 1.82) is 15.8 Å². The Hall–Kier alpha value is -0.881. The van der Waals surface area contributed by atoms with Gasteiger partial charge in [0.2, 0.25) is 0 Å². The van der Waals surface area contributed by atoms with E-state index in [1.54, 1.807) is 13.7 Å². The Bertz CT molecular complexity index is 133. The van der Waals surface area contributed by atoms with Crippen LogP contribution in [-0.2, 0) is 16.5 Å². The van der Waals surface area contributed by atoms with Gasteiger partial charge in [-0.2, -0.15) is 0 Å². The fourth-order valence-electron chi connectivity index (χ4n) is 0.0500. The Labute approximate surface area is 46.6 Å². The fourth-order valence-corrected chi connectivity index (χ4v) is 0.409. The van der Waals surface area contributed by atoms with Crippen molar-refractivity contribution in [2.45, 2.75) is 0 Å². The molecule has 0 rings (SSSR count). The molecule has 0 fully saturated rings. The molecule has 0 bridgehead atoms. The van der Waals surface area contributed by atoms with Crippen LogP contribution in [0.15, 0.2) is 0 Å². The molecule has 0 N–H and O–H groups in total. The van der Waals surface area contributed by atoms with Crippen LogP contribution in [0.4, 0.5) is 0 Å². The molecule has 0 amide bonds. The Morgan fingerprint density at radius 1 is 0.857 bits per heavy atom. The van der Waals surface area contributed by atoms with E-state index in [9.17, 15) is 0 Å². The average molecular weight is 270 g/mol. The summed E-state index contributed by atoms with van der Waals surface area (Å²) in [5, 5.41) is 23.7. The summed E-state index contributed by atoms with van der Waals surface area (Å²) in [6.07, 6.45) is 0. The number of rotatable bonds is 0. The molecular formula is C3IrN3. The van der Waals surface area contributed by atoms with E-state index in [2.05, 4.69) is 0 Å². The van der Waals surface area contributed by atoms with E-state index in [0.29, 0.717) is 0 Å². The minimum absolute atomic E-state index is 1.65. The molecule has 0 saturated carbocycles. The van der Waals surface area contributed by atoms with E-state index in [1.807, 2.05) is 0 Å². The van der Waals surface area contributed by atoms with Crippen molar-refractivity contribution in [3.8, 4) is 13.7 Å². The number of hydrogen-bond donors (Lipinski definition) is 0. The molecule has 4 heteroatoms. The van der Waals surface area contributed by atoms with Crippen LogP contribution in [0.3, 0.4) is 0 Å². The third kappa shape index (κ3) is 1.90. The van der Waals surface area contributed by atoms with Gasteiger partial charge in [0.25, 0.3) is 0 Å². The van der Waals surface area contributed by atoms with Crippen molar-refractivity contribution in [2.24, 2.45) is 0 Å². The van der Waals surface area contributed by atoms with Crippen molar-refractivity contribution in [1.82, 2.24) is 0 Å².